The number of hydrogen-bond acceptors (Lipinski definition) is 5. The number of para-hydroxylation sites is 1. The van der Waals surface area contributed by atoms with Gasteiger partial charge in [0, 0.05) is 29.6 Å². The van der Waals surface area contributed by atoms with Gasteiger partial charge in [-0.1, -0.05) is 50.2 Å². The summed E-state index contributed by atoms with van der Waals surface area (Å²) in [5.41, 5.74) is 12.3. The smallest absolute Gasteiger partial charge is 0.307 e. The molecule has 4 rings (SSSR count). The molecule has 0 fully saturated rings. The average molecular weight is 459 g/mol. The third kappa shape index (κ3) is 5.41. The Morgan fingerprint density at radius 2 is 1.88 bits per heavy atom. The van der Waals surface area contributed by atoms with Crippen molar-refractivity contribution in [3.8, 4) is 16.9 Å². The first-order valence-corrected chi connectivity index (χ1v) is 11.4. The Morgan fingerprint density at radius 3 is 2.65 bits per heavy atom. The lowest BCUT2D eigenvalue weighted by Crippen LogP contribution is -2.08. The zero-order valence-corrected chi connectivity index (χ0v) is 19.5. The van der Waals surface area contributed by atoms with Crippen LogP contribution in [0.5, 0.6) is 5.75 Å². The van der Waals surface area contributed by atoms with Crippen molar-refractivity contribution >= 4 is 22.6 Å². The van der Waals surface area contributed by atoms with Gasteiger partial charge in [-0.05, 0) is 46.9 Å². The Hall–Kier alpha value is -3.77. The van der Waals surface area contributed by atoms with E-state index in [1.807, 2.05) is 24.3 Å². The fourth-order valence-corrected chi connectivity index (χ4v) is 3.90. The van der Waals surface area contributed by atoms with Crippen LogP contribution in [-0.2, 0) is 24.4 Å². The lowest BCUT2D eigenvalue weighted by Gasteiger charge is -2.13. The molecule has 0 atom stereocenters. The molecule has 0 aliphatic carbocycles. The van der Waals surface area contributed by atoms with Crippen LogP contribution in [0, 0.1) is 5.92 Å². The number of benzene rings is 3. The zero-order chi connectivity index (χ0) is 24.1. The van der Waals surface area contributed by atoms with E-state index in [9.17, 15) is 9.90 Å². The molecule has 1 aromatic heterocycles. The van der Waals surface area contributed by atoms with Crippen LogP contribution in [0.4, 0.5) is 5.69 Å². The molecule has 0 aliphatic heterocycles. The Bertz CT molecular complexity index is 1290. The van der Waals surface area contributed by atoms with Gasteiger partial charge in [-0.25, -0.2) is 0 Å². The number of fused-ring (bicyclic) bond motifs is 1. The number of furan rings is 1. The van der Waals surface area contributed by atoms with Crippen molar-refractivity contribution in [2.75, 3.05) is 11.9 Å². The minimum absolute atomic E-state index is 0.0901. The lowest BCUT2D eigenvalue weighted by atomic mass is 9.99. The van der Waals surface area contributed by atoms with Crippen LogP contribution in [0.1, 0.15) is 30.5 Å². The second-order valence-electron chi connectivity index (χ2n) is 8.81. The maximum Gasteiger partial charge on any atom is 0.307 e. The number of carbonyl (C=O) groups is 1. The van der Waals surface area contributed by atoms with Crippen molar-refractivity contribution in [1.82, 2.24) is 0 Å². The fraction of sp³-hybridized carbons (Fsp3) is 0.250. The van der Waals surface area contributed by atoms with E-state index in [1.165, 1.54) is 0 Å². The number of nitrogens with one attached hydrogen (secondary N) is 1. The Labute approximate surface area is 199 Å². The predicted octanol–water partition coefficient (Wildman–Crippen LogP) is 5.83. The van der Waals surface area contributed by atoms with Gasteiger partial charge in [0.1, 0.15) is 12.4 Å². The lowest BCUT2D eigenvalue weighted by molar-refractivity contribution is -0.136. The molecule has 6 heteroatoms. The number of ether oxygens (including phenoxy) is 1. The molecule has 6 nitrogen and oxygen atoms in total. The molecule has 0 bridgehead atoms. The molecule has 4 N–H and O–H groups in total. The van der Waals surface area contributed by atoms with Gasteiger partial charge < -0.3 is 25.3 Å². The number of hydrogen-bond donors (Lipinski definition) is 3. The number of carboxylic acids is 1. The standard InChI is InChI=1S/C28H30N2O4/c1-18(2)15-30-25-12-22(20-8-5-6-19(10-20)14-29)11-24-23(17-34-28(24)25)16-33-26-9-4-3-7-21(26)13-27(31)32/h3-12,17-18,30H,13-16,29H2,1-2H3,(H,31,32). The van der Waals surface area contributed by atoms with Gasteiger partial charge in [0.15, 0.2) is 5.58 Å². The van der Waals surface area contributed by atoms with Crippen LogP contribution >= 0.6 is 0 Å². The Balaban J connectivity index is 1.71. The number of anilines is 1. The van der Waals surface area contributed by atoms with Crippen molar-refractivity contribution in [2.24, 2.45) is 11.7 Å². The van der Waals surface area contributed by atoms with Crippen LogP contribution in [0.2, 0.25) is 0 Å². The molecule has 0 radical (unpaired) electrons. The molecule has 1 heterocycles. The molecule has 3 aromatic carbocycles. The maximum absolute atomic E-state index is 11.2. The summed E-state index contributed by atoms with van der Waals surface area (Å²) in [6.45, 7) is 5.88. The van der Waals surface area contributed by atoms with Crippen LogP contribution < -0.4 is 15.8 Å². The summed E-state index contributed by atoms with van der Waals surface area (Å²) in [4.78, 5) is 11.2. The summed E-state index contributed by atoms with van der Waals surface area (Å²) in [5.74, 6) is 0.141. The second kappa shape index (κ2) is 10.4. The molecule has 34 heavy (non-hydrogen) atoms. The maximum atomic E-state index is 11.2. The molecule has 0 saturated heterocycles. The molecule has 0 unspecified atom stereocenters. The van der Waals surface area contributed by atoms with E-state index in [-0.39, 0.29) is 13.0 Å². The van der Waals surface area contributed by atoms with Crippen LogP contribution in [0.3, 0.4) is 0 Å². The van der Waals surface area contributed by atoms with E-state index < -0.39 is 5.97 Å². The number of nitrogens with two attached hydrogens (primary N) is 1. The van der Waals surface area contributed by atoms with Gasteiger partial charge in [-0.15, -0.1) is 0 Å². The van der Waals surface area contributed by atoms with E-state index in [1.54, 1.807) is 18.4 Å². The van der Waals surface area contributed by atoms with Crippen molar-refractivity contribution in [3.05, 3.63) is 83.6 Å². The van der Waals surface area contributed by atoms with E-state index in [4.69, 9.17) is 14.9 Å². The monoisotopic (exact) mass is 458 g/mol. The van der Waals surface area contributed by atoms with E-state index in [2.05, 4.69) is 43.4 Å². The van der Waals surface area contributed by atoms with Crippen molar-refractivity contribution in [3.63, 3.8) is 0 Å². The van der Waals surface area contributed by atoms with Crippen LogP contribution in [0.15, 0.2) is 71.3 Å². The third-order valence-corrected chi connectivity index (χ3v) is 5.65. The highest BCUT2D eigenvalue weighted by Gasteiger charge is 2.15. The Morgan fingerprint density at radius 1 is 1.06 bits per heavy atom. The van der Waals surface area contributed by atoms with Gasteiger partial charge in [0.25, 0.3) is 0 Å². The molecule has 0 aliphatic rings. The number of carboxylic acid groups (broad SMARTS) is 1. The molecule has 4 aromatic rings. The first-order valence-electron chi connectivity index (χ1n) is 11.4. The predicted molar refractivity (Wildman–Crippen MR) is 135 cm³/mol. The minimum Gasteiger partial charge on any atom is -0.488 e. The molecule has 0 saturated carbocycles. The summed E-state index contributed by atoms with van der Waals surface area (Å²) in [5, 5.41) is 13.7. The summed E-state index contributed by atoms with van der Waals surface area (Å²) >= 11 is 0. The normalized spacial score (nSPS) is 11.2. The Kier molecular flexibility index (Phi) is 7.18. The highest BCUT2D eigenvalue weighted by atomic mass is 16.5. The second-order valence-corrected chi connectivity index (χ2v) is 8.81. The highest BCUT2D eigenvalue weighted by Crippen LogP contribution is 2.35. The van der Waals surface area contributed by atoms with Crippen LogP contribution in [-0.4, -0.2) is 17.6 Å². The van der Waals surface area contributed by atoms with E-state index in [0.717, 1.165) is 45.5 Å². The largest absolute Gasteiger partial charge is 0.488 e. The van der Waals surface area contributed by atoms with Gasteiger partial charge in [-0.2, -0.15) is 0 Å². The first-order chi connectivity index (χ1) is 16.4. The summed E-state index contributed by atoms with van der Waals surface area (Å²) in [6.07, 6.45) is 1.62. The minimum atomic E-state index is -0.893. The molecule has 176 valence electrons. The zero-order valence-electron chi connectivity index (χ0n) is 19.5. The van der Waals surface area contributed by atoms with Gasteiger partial charge >= 0.3 is 5.97 Å². The van der Waals surface area contributed by atoms with E-state index in [0.29, 0.717) is 23.8 Å². The molecular weight excluding hydrogens is 428 g/mol. The molecule has 0 amide bonds. The van der Waals surface area contributed by atoms with Gasteiger partial charge in [-0.3, -0.25) is 4.79 Å². The number of aliphatic carboxylic acids is 1. The fourth-order valence-electron chi connectivity index (χ4n) is 3.90. The topological polar surface area (TPSA) is 97.7 Å². The quantitative estimate of drug-likeness (QED) is 0.276. The van der Waals surface area contributed by atoms with Crippen molar-refractivity contribution in [2.45, 2.75) is 33.4 Å². The van der Waals surface area contributed by atoms with Crippen LogP contribution in [0.25, 0.3) is 22.1 Å². The van der Waals surface area contributed by atoms with Gasteiger partial charge in [0.05, 0.1) is 18.4 Å². The van der Waals surface area contributed by atoms with Gasteiger partial charge in [0.2, 0.25) is 0 Å². The third-order valence-electron chi connectivity index (χ3n) is 5.65. The summed E-state index contributed by atoms with van der Waals surface area (Å²) in [6, 6.07) is 19.6. The van der Waals surface area contributed by atoms with Crippen molar-refractivity contribution in [1.29, 1.82) is 0 Å². The van der Waals surface area contributed by atoms with Crippen molar-refractivity contribution < 1.29 is 19.1 Å². The van der Waals surface area contributed by atoms with E-state index >= 15 is 0 Å². The number of rotatable bonds is 10. The summed E-state index contributed by atoms with van der Waals surface area (Å²) < 4.78 is 12.0. The average Bonchev–Trinajstić information content (AvgIpc) is 3.24. The molecule has 0 spiro atoms. The molecular formula is C28H30N2O4. The summed E-state index contributed by atoms with van der Waals surface area (Å²) in [7, 11) is 0. The first kappa shape index (κ1) is 23.4. The highest BCUT2D eigenvalue weighted by molar-refractivity contribution is 5.96. The SMILES string of the molecule is CC(C)CNc1cc(-c2cccc(CN)c2)cc2c(COc3ccccc3CC(=O)O)coc12.